The maximum atomic E-state index is 11.9. The summed E-state index contributed by atoms with van der Waals surface area (Å²) in [4.78, 5) is 35.9. The molecule has 0 saturated carbocycles. The molecule has 1 aromatic carbocycles. The van der Waals surface area contributed by atoms with Crippen molar-refractivity contribution < 1.29 is 28.6 Å². The van der Waals surface area contributed by atoms with Crippen LogP contribution in [0, 0.1) is 0 Å². The summed E-state index contributed by atoms with van der Waals surface area (Å²) in [6.45, 7) is 3.80. The summed E-state index contributed by atoms with van der Waals surface area (Å²) in [5, 5.41) is 3.89. The molecule has 1 N–H and O–H groups in total. The lowest BCUT2D eigenvalue weighted by Gasteiger charge is -2.10. The zero-order valence-electron chi connectivity index (χ0n) is 16.1. The van der Waals surface area contributed by atoms with Crippen molar-refractivity contribution in [1.29, 1.82) is 0 Å². The molecule has 0 spiro atoms. The van der Waals surface area contributed by atoms with Gasteiger partial charge in [-0.1, -0.05) is 6.07 Å². The molecule has 0 aliphatic carbocycles. The fourth-order valence-corrected chi connectivity index (χ4v) is 3.46. The lowest BCUT2D eigenvalue weighted by molar-refractivity contribution is -0.143. The van der Waals surface area contributed by atoms with Crippen LogP contribution < -0.4 is 14.8 Å². The molecule has 0 saturated heterocycles. The Morgan fingerprint density at radius 3 is 2.90 bits per heavy atom. The number of carbonyl (C=O) groups is 3. The Kier molecular flexibility index (Phi) is 6.66. The number of fused-ring (bicyclic) bond motifs is 1. The van der Waals surface area contributed by atoms with Crippen molar-refractivity contribution in [1.82, 2.24) is 5.32 Å². The van der Waals surface area contributed by atoms with Crippen LogP contribution in [0.3, 0.4) is 0 Å². The summed E-state index contributed by atoms with van der Waals surface area (Å²) >= 11 is 1.21. The van der Waals surface area contributed by atoms with Gasteiger partial charge in [0.15, 0.2) is 6.61 Å². The lowest BCUT2D eigenvalue weighted by atomic mass is 10.1. The van der Waals surface area contributed by atoms with E-state index in [1.165, 1.54) is 17.4 Å². The first kappa shape index (κ1) is 20.6. The Morgan fingerprint density at radius 2 is 2.17 bits per heavy atom. The van der Waals surface area contributed by atoms with Crippen LogP contribution >= 0.6 is 11.3 Å². The van der Waals surface area contributed by atoms with Gasteiger partial charge in [-0.25, -0.2) is 4.79 Å². The van der Waals surface area contributed by atoms with Crippen molar-refractivity contribution in [2.75, 3.05) is 13.2 Å². The predicted octanol–water partition coefficient (Wildman–Crippen LogP) is 2.98. The molecular weight excluding hydrogens is 394 g/mol. The van der Waals surface area contributed by atoms with E-state index in [4.69, 9.17) is 14.2 Å². The minimum atomic E-state index is -0.707. The number of benzene rings is 1. The normalized spacial score (nSPS) is 14.9. The lowest BCUT2D eigenvalue weighted by Crippen LogP contribution is -2.33. The first-order chi connectivity index (χ1) is 14.0. The highest BCUT2D eigenvalue weighted by molar-refractivity contribution is 7.12. The number of esters is 1. The van der Waals surface area contributed by atoms with Crippen molar-refractivity contribution in [3.8, 4) is 11.5 Å². The molecule has 1 aliphatic heterocycles. The smallest absolute Gasteiger partial charge is 0.331 e. The minimum absolute atomic E-state index is 0.0964. The van der Waals surface area contributed by atoms with Gasteiger partial charge in [-0.05, 0) is 43.5 Å². The molecule has 7 nitrogen and oxygen atoms in total. The van der Waals surface area contributed by atoms with Crippen LogP contribution in [0.4, 0.5) is 0 Å². The van der Waals surface area contributed by atoms with Crippen molar-refractivity contribution in [3.05, 3.63) is 51.7 Å². The molecule has 152 valence electrons. The van der Waals surface area contributed by atoms with Crippen molar-refractivity contribution in [3.63, 3.8) is 0 Å². The molecule has 0 fully saturated rings. The molecule has 2 heterocycles. The molecule has 2 amide bonds. The monoisotopic (exact) mass is 415 g/mol. The molecule has 1 atom stereocenters. The van der Waals surface area contributed by atoms with Crippen molar-refractivity contribution in [2.24, 2.45) is 0 Å². The van der Waals surface area contributed by atoms with Crippen LogP contribution in [-0.2, 0) is 20.7 Å². The van der Waals surface area contributed by atoms with E-state index in [0.717, 1.165) is 17.7 Å². The van der Waals surface area contributed by atoms with Crippen LogP contribution in [0.15, 0.2) is 35.7 Å². The zero-order valence-corrected chi connectivity index (χ0v) is 16.9. The number of hydrogen-bond acceptors (Lipinski definition) is 7. The van der Waals surface area contributed by atoms with Gasteiger partial charge in [0.05, 0.1) is 11.5 Å². The summed E-state index contributed by atoms with van der Waals surface area (Å²) in [6, 6.07) is 7.03. The SMILES string of the molecule is CCOc1cc2c(cc1/C=C/C(=O)OCC(=O)NC(=O)c1cccs1)O[C@@H](C)C2. The largest absolute Gasteiger partial charge is 0.493 e. The Balaban J connectivity index is 1.57. The minimum Gasteiger partial charge on any atom is -0.493 e. The Hall–Kier alpha value is -3.13. The molecule has 8 heteroatoms. The number of rotatable bonds is 7. The highest BCUT2D eigenvalue weighted by Gasteiger charge is 2.21. The average Bonchev–Trinajstić information content (AvgIpc) is 3.33. The molecule has 0 radical (unpaired) electrons. The third kappa shape index (κ3) is 5.45. The summed E-state index contributed by atoms with van der Waals surface area (Å²) in [5.74, 6) is -0.515. The van der Waals surface area contributed by atoms with Crippen LogP contribution in [0.5, 0.6) is 11.5 Å². The van der Waals surface area contributed by atoms with Gasteiger partial charge in [-0.15, -0.1) is 11.3 Å². The molecule has 0 bridgehead atoms. The Labute approximate surface area is 172 Å². The quantitative estimate of drug-likeness (QED) is 0.552. The Morgan fingerprint density at radius 1 is 1.34 bits per heavy atom. The van der Waals surface area contributed by atoms with Crippen molar-refractivity contribution >= 4 is 35.2 Å². The van der Waals surface area contributed by atoms with E-state index in [0.29, 0.717) is 22.8 Å². The second kappa shape index (κ2) is 9.38. The predicted molar refractivity (Wildman–Crippen MR) is 108 cm³/mol. The first-order valence-corrected chi connectivity index (χ1v) is 10.0. The van der Waals surface area contributed by atoms with Crippen molar-refractivity contribution in [2.45, 2.75) is 26.4 Å². The van der Waals surface area contributed by atoms with E-state index in [9.17, 15) is 14.4 Å². The van der Waals surface area contributed by atoms with Gasteiger partial charge < -0.3 is 14.2 Å². The fourth-order valence-electron chi connectivity index (χ4n) is 2.84. The second-order valence-corrected chi connectivity index (χ2v) is 7.31. The third-order valence-corrected chi connectivity index (χ3v) is 4.94. The fraction of sp³-hybridized carbons (Fsp3) is 0.286. The summed E-state index contributed by atoms with van der Waals surface area (Å²) < 4.78 is 16.3. The average molecular weight is 415 g/mol. The van der Waals surface area contributed by atoms with Crippen LogP contribution in [-0.4, -0.2) is 37.1 Å². The van der Waals surface area contributed by atoms with Gasteiger partial charge in [0, 0.05) is 23.6 Å². The van der Waals surface area contributed by atoms with Gasteiger partial charge in [0.25, 0.3) is 11.8 Å². The van der Waals surface area contributed by atoms with E-state index >= 15 is 0 Å². The Bertz CT molecular complexity index is 935. The molecule has 0 unspecified atom stereocenters. The number of ether oxygens (including phenoxy) is 3. The number of imide groups is 1. The summed E-state index contributed by atoms with van der Waals surface area (Å²) in [5.41, 5.74) is 1.74. The number of amides is 2. The number of nitrogens with one attached hydrogen (secondary N) is 1. The molecule has 1 aliphatic rings. The van der Waals surface area contributed by atoms with Gasteiger partial charge in [-0.3, -0.25) is 14.9 Å². The van der Waals surface area contributed by atoms with Gasteiger partial charge >= 0.3 is 5.97 Å². The molecule has 29 heavy (non-hydrogen) atoms. The molecule has 1 aromatic heterocycles. The third-order valence-electron chi connectivity index (χ3n) is 4.07. The van der Waals surface area contributed by atoms with E-state index in [-0.39, 0.29) is 6.10 Å². The van der Waals surface area contributed by atoms with E-state index in [1.807, 2.05) is 26.0 Å². The topological polar surface area (TPSA) is 90.9 Å². The van der Waals surface area contributed by atoms with E-state index < -0.39 is 24.4 Å². The van der Waals surface area contributed by atoms with Crippen LogP contribution in [0.2, 0.25) is 0 Å². The molecule has 2 aromatic rings. The number of hydrogen-bond donors (Lipinski definition) is 1. The van der Waals surface area contributed by atoms with Crippen LogP contribution in [0.1, 0.15) is 34.6 Å². The van der Waals surface area contributed by atoms with Crippen LogP contribution in [0.25, 0.3) is 6.08 Å². The van der Waals surface area contributed by atoms with Gasteiger partial charge in [0.2, 0.25) is 0 Å². The van der Waals surface area contributed by atoms with Gasteiger partial charge in [0.1, 0.15) is 17.6 Å². The standard InChI is InChI=1S/C21H21NO6S/c1-3-26-16-11-15-9-13(2)28-17(15)10-14(16)6-7-20(24)27-12-19(23)22-21(25)18-5-4-8-29-18/h4-8,10-11,13H,3,9,12H2,1-2H3,(H,22,23,25)/b7-6+/t13-/m0/s1. The van der Waals surface area contributed by atoms with E-state index in [1.54, 1.807) is 23.6 Å². The summed E-state index contributed by atoms with van der Waals surface area (Å²) in [7, 11) is 0. The maximum Gasteiger partial charge on any atom is 0.331 e. The second-order valence-electron chi connectivity index (χ2n) is 6.36. The highest BCUT2D eigenvalue weighted by Crippen LogP contribution is 2.35. The summed E-state index contributed by atoms with van der Waals surface area (Å²) in [6.07, 6.45) is 3.66. The van der Waals surface area contributed by atoms with E-state index in [2.05, 4.69) is 5.32 Å². The number of carbonyl (C=O) groups excluding carboxylic acids is 3. The molecule has 3 rings (SSSR count). The maximum absolute atomic E-state index is 11.9. The first-order valence-electron chi connectivity index (χ1n) is 9.15. The zero-order chi connectivity index (χ0) is 20.8. The number of thiophene rings is 1. The molecular formula is C21H21NO6S. The van der Waals surface area contributed by atoms with Gasteiger partial charge in [-0.2, -0.15) is 0 Å². The highest BCUT2D eigenvalue weighted by atomic mass is 32.1.